The quantitative estimate of drug-likeness (QED) is 0.880. The third-order valence-corrected chi connectivity index (χ3v) is 2.59. The Kier molecular flexibility index (Phi) is 4.41. The van der Waals surface area contributed by atoms with E-state index in [0.717, 1.165) is 0 Å². The predicted octanol–water partition coefficient (Wildman–Crippen LogP) is 2.51. The Morgan fingerprint density at radius 2 is 2.12 bits per heavy atom. The Morgan fingerprint density at radius 1 is 1.50 bits per heavy atom. The fourth-order valence-corrected chi connectivity index (χ4v) is 1.76. The number of benzene rings is 1. The van der Waals surface area contributed by atoms with Gasteiger partial charge in [0.15, 0.2) is 0 Å². The highest BCUT2D eigenvalue weighted by Crippen LogP contribution is 2.28. The zero-order chi connectivity index (χ0) is 12.3. The number of hydrogen-bond donors (Lipinski definition) is 2. The number of aliphatic hydroxyl groups excluding tert-OH is 1. The van der Waals surface area contributed by atoms with Crippen LogP contribution in [0.5, 0.6) is 0 Å². The minimum Gasteiger partial charge on any atom is -0.444 e. The molecule has 0 saturated carbocycles. The van der Waals surface area contributed by atoms with Crippen LogP contribution < -0.4 is 5.73 Å². The van der Waals surface area contributed by atoms with Crippen LogP contribution in [-0.2, 0) is 4.74 Å². The van der Waals surface area contributed by atoms with Crippen molar-refractivity contribution in [2.24, 2.45) is 5.73 Å². The summed E-state index contributed by atoms with van der Waals surface area (Å²) in [5.41, 5.74) is 5.28. The Bertz CT molecular complexity index is 398. The van der Waals surface area contributed by atoms with Crippen LogP contribution in [0.3, 0.4) is 0 Å². The molecule has 6 heteroatoms. The fraction of sp³-hybridized carbons (Fsp3) is 0.300. The summed E-state index contributed by atoms with van der Waals surface area (Å²) in [5.74, 6) is 0. The third-order valence-electron chi connectivity index (χ3n) is 2.03. The van der Waals surface area contributed by atoms with Crippen molar-refractivity contribution in [3.05, 3.63) is 33.8 Å². The molecule has 0 fully saturated rings. The average Bonchev–Trinajstić information content (AvgIpc) is 2.15. The summed E-state index contributed by atoms with van der Waals surface area (Å²) in [7, 11) is 0. The van der Waals surface area contributed by atoms with E-state index in [1.54, 1.807) is 12.1 Å². The maximum Gasteiger partial charge on any atom is 0.404 e. The van der Waals surface area contributed by atoms with Gasteiger partial charge in [0.1, 0.15) is 12.2 Å². The molecule has 1 aromatic rings. The number of halogens is 2. The van der Waals surface area contributed by atoms with E-state index in [9.17, 15) is 9.90 Å². The molecule has 16 heavy (non-hydrogen) atoms. The van der Waals surface area contributed by atoms with Crippen LogP contribution in [0.2, 0.25) is 10.0 Å². The second kappa shape index (κ2) is 5.39. The standard InChI is InChI=1S/C10H11Cl2NO3/c1-5(16-10(13)15)9(14)7-3-2-6(11)4-8(7)12/h2-5,9,14H,1H3,(H2,13,15)/t5-,9+/m1/s1. The summed E-state index contributed by atoms with van der Waals surface area (Å²) >= 11 is 11.6. The third kappa shape index (κ3) is 3.27. The lowest BCUT2D eigenvalue weighted by molar-refractivity contribution is 0.0158. The van der Waals surface area contributed by atoms with Crippen molar-refractivity contribution >= 4 is 29.3 Å². The minimum absolute atomic E-state index is 0.305. The predicted molar refractivity (Wildman–Crippen MR) is 61.6 cm³/mol. The van der Waals surface area contributed by atoms with E-state index in [0.29, 0.717) is 15.6 Å². The van der Waals surface area contributed by atoms with Crippen molar-refractivity contribution in [1.82, 2.24) is 0 Å². The first kappa shape index (κ1) is 13.1. The molecule has 0 heterocycles. The van der Waals surface area contributed by atoms with Gasteiger partial charge in [0.05, 0.1) is 0 Å². The molecule has 0 spiro atoms. The number of rotatable bonds is 3. The Morgan fingerprint density at radius 3 is 2.62 bits per heavy atom. The van der Waals surface area contributed by atoms with Crippen LogP contribution in [0.1, 0.15) is 18.6 Å². The Hall–Kier alpha value is -0.970. The second-order valence-electron chi connectivity index (χ2n) is 3.25. The SMILES string of the molecule is C[C@@H](OC(N)=O)[C@H](O)c1ccc(Cl)cc1Cl. The lowest BCUT2D eigenvalue weighted by atomic mass is 10.1. The molecule has 0 aliphatic carbocycles. The van der Waals surface area contributed by atoms with Gasteiger partial charge in [-0.15, -0.1) is 0 Å². The highest BCUT2D eigenvalue weighted by molar-refractivity contribution is 6.35. The van der Waals surface area contributed by atoms with Gasteiger partial charge >= 0.3 is 6.09 Å². The topological polar surface area (TPSA) is 72.5 Å². The number of nitrogens with two attached hydrogens (primary N) is 1. The van der Waals surface area contributed by atoms with Gasteiger partial charge in [0.2, 0.25) is 0 Å². The molecule has 88 valence electrons. The molecular weight excluding hydrogens is 253 g/mol. The lowest BCUT2D eigenvalue weighted by Crippen LogP contribution is -2.26. The van der Waals surface area contributed by atoms with Crippen molar-refractivity contribution in [2.75, 3.05) is 0 Å². The molecule has 3 N–H and O–H groups in total. The maximum atomic E-state index is 10.5. The van der Waals surface area contributed by atoms with E-state index >= 15 is 0 Å². The lowest BCUT2D eigenvalue weighted by Gasteiger charge is -2.19. The second-order valence-corrected chi connectivity index (χ2v) is 4.10. The highest BCUT2D eigenvalue weighted by atomic mass is 35.5. The van der Waals surface area contributed by atoms with Gasteiger partial charge < -0.3 is 15.6 Å². The molecule has 0 saturated heterocycles. The van der Waals surface area contributed by atoms with Crippen molar-refractivity contribution in [2.45, 2.75) is 19.1 Å². The number of primary amides is 1. The largest absolute Gasteiger partial charge is 0.444 e. The summed E-state index contributed by atoms with van der Waals surface area (Å²) in [5, 5.41) is 10.6. The van der Waals surface area contributed by atoms with Gasteiger partial charge in [0, 0.05) is 15.6 Å². The molecule has 0 radical (unpaired) electrons. The molecule has 1 rings (SSSR count). The molecule has 0 bridgehead atoms. The molecule has 1 amide bonds. The van der Waals surface area contributed by atoms with Crippen LogP contribution in [0.4, 0.5) is 4.79 Å². The summed E-state index contributed by atoms with van der Waals surface area (Å²) in [6.45, 7) is 1.51. The molecular formula is C10H11Cl2NO3. The zero-order valence-electron chi connectivity index (χ0n) is 8.48. The van der Waals surface area contributed by atoms with Gasteiger partial charge in [-0.25, -0.2) is 4.79 Å². The number of carbonyl (C=O) groups excluding carboxylic acids is 1. The van der Waals surface area contributed by atoms with Gasteiger partial charge in [-0.05, 0) is 19.1 Å². The van der Waals surface area contributed by atoms with Gasteiger partial charge in [-0.3, -0.25) is 0 Å². The average molecular weight is 264 g/mol. The normalized spacial score (nSPS) is 14.2. The number of amides is 1. The van der Waals surface area contributed by atoms with E-state index in [1.807, 2.05) is 0 Å². The van der Waals surface area contributed by atoms with Crippen molar-refractivity contribution < 1.29 is 14.6 Å². The molecule has 0 aliphatic heterocycles. The van der Waals surface area contributed by atoms with E-state index in [-0.39, 0.29) is 0 Å². The van der Waals surface area contributed by atoms with Crippen LogP contribution in [0.25, 0.3) is 0 Å². The maximum absolute atomic E-state index is 10.5. The van der Waals surface area contributed by atoms with Gasteiger partial charge in [-0.1, -0.05) is 29.3 Å². The summed E-state index contributed by atoms with van der Waals surface area (Å²) in [4.78, 5) is 10.5. The van der Waals surface area contributed by atoms with Crippen LogP contribution in [-0.4, -0.2) is 17.3 Å². The van der Waals surface area contributed by atoms with Gasteiger partial charge in [0.25, 0.3) is 0 Å². The number of ether oxygens (including phenoxy) is 1. The number of aliphatic hydroxyl groups is 1. The first-order valence-corrected chi connectivity index (χ1v) is 5.26. The Balaban J connectivity index is 2.87. The summed E-state index contributed by atoms with van der Waals surface area (Å²) < 4.78 is 4.65. The first-order valence-electron chi connectivity index (χ1n) is 4.51. The van der Waals surface area contributed by atoms with Crippen molar-refractivity contribution in [3.8, 4) is 0 Å². The molecule has 1 aromatic carbocycles. The molecule has 0 aliphatic rings. The van der Waals surface area contributed by atoms with E-state index < -0.39 is 18.3 Å². The van der Waals surface area contributed by atoms with Gasteiger partial charge in [-0.2, -0.15) is 0 Å². The number of hydrogen-bond acceptors (Lipinski definition) is 3. The van der Waals surface area contributed by atoms with Crippen molar-refractivity contribution in [1.29, 1.82) is 0 Å². The Labute approximate surface area is 103 Å². The minimum atomic E-state index is -1.04. The van der Waals surface area contributed by atoms with E-state index in [2.05, 4.69) is 4.74 Å². The van der Waals surface area contributed by atoms with Crippen molar-refractivity contribution in [3.63, 3.8) is 0 Å². The fourth-order valence-electron chi connectivity index (χ4n) is 1.24. The van der Waals surface area contributed by atoms with Crippen LogP contribution >= 0.6 is 23.2 Å². The monoisotopic (exact) mass is 263 g/mol. The summed E-state index contributed by atoms with van der Waals surface area (Å²) in [6, 6.07) is 4.65. The highest BCUT2D eigenvalue weighted by Gasteiger charge is 2.21. The summed E-state index contributed by atoms with van der Waals surface area (Å²) in [6.07, 6.45) is -2.77. The molecule has 4 nitrogen and oxygen atoms in total. The molecule has 0 unspecified atom stereocenters. The zero-order valence-corrected chi connectivity index (χ0v) is 10.00. The van der Waals surface area contributed by atoms with E-state index in [4.69, 9.17) is 28.9 Å². The van der Waals surface area contributed by atoms with E-state index in [1.165, 1.54) is 13.0 Å². The molecule has 0 aromatic heterocycles. The smallest absolute Gasteiger partial charge is 0.404 e. The molecule has 2 atom stereocenters. The first-order chi connectivity index (χ1) is 7.41. The number of carbonyl (C=O) groups is 1. The van der Waals surface area contributed by atoms with Crippen LogP contribution in [0, 0.1) is 0 Å². The van der Waals surface area contributed by atoms with Crippen LogP contribution in [0.15, 0.2) is 18.2 Å².